The van der Waals surface area contributed by atoms with Crippen molar-refractivity contribution in [3.8, 4) is 22.8 Å². The molecular weight excluding hydrogens is 653 g/mol. The molecule has 13 nitrogen and oxygen atoms in total. The Hall–Kier alpha value is -5.79. The molecule has 0 bridgehead atoms. The Morgan fingerprint density at radius 2 is 1.80 bits per heavy atom. The zero-order valence-electron chi connectivity index (χ0n) is 28.3. The summed E-state index contributed by atoms with van der Waals surface area (Å²) in [6.45, 7) is 3.31. The third-order valence-corrected chi connectivity index (χ3v) is 9.65. The third kappa shape index (κ3) is 6.60. The number of benzene rings is 1. The molecule has 264 valence electrons. The second-order valence-corrected chi connectivity index (χ2v) is 13.0. The Morgan fingerprint density at radius 3 is 2.59 bits per heavy atom. The van der Waals surface area contributed by atoms with E-state index in [1.165, 1.54) is 7.11 Å². The lowest BCUT2D eigenvalue weighted by Gasteiger charge is -2.35. The molecule has 1 saturated carbocycles. The number of methoxy groups -OCH3 is 1. The van der Waals surface area contributed by atoms with E-state index in [4.69, 9.17) is 9.47 Å². The van der Waals surface area contributed by atoms with Crippen LogP contribution >= 0.6 is 0 Å². The third-order valence-electron chi connectivity index (χ3n) is 9.65. The minimum atomic E-state index is -0.484. The van der Waals surface area contributed by atoms with Crippen LogP contribution in [0, 0.1) is 5.82 Å². The van der Waals surface area contributed by atoms with Crippen molar-refractivity contribution in [3.63, 3.8) is 0 Å². The van der Waals surface area contributed by atoms with Gasteiger partial charge in [0.2, 0.25) is 11.8 Å². The van der Waals surface area contributed by atoms with Crippen LogP contribution in [0.15, 0.2) is 67.3 Å². The second-order valence-electron chi connectivity index (χ2n) is 13.0. The summed E-state index contributed by atoms with van der Waals surface area (Å²) < 4.78 is 30.0. The molecule has 8 rings (SSSR count). The number of carbonyl (C=O) groups is 2. The number of nitrogens with zero attached hydrogens (tertiary/aromatic N) is 8. The molecule has 1 saturated heterocycles. The molecule has 51 heavy (non-hydrogen) atoms. The van der Waals surface area contributed by atoms with E-state index in [9.17, 15) is 9.59 Å². The molecule has 0 spiro atoms. The number of aromatic amines is 1. The molecule has 4 aromatic heterocycles. The fourth-order valence-electron chi connectivity index (χ4n) is 6.83. The first kappa shape index (κ1) is 32.4. The predicted molar refractivity (Wildman–Crippen MR) is 190 cm³/mol. The fraction of sp³-hybridized carbons (Fsp3) is 0.351. The number of aryl methyl sites for hydroxylation is 1. The molecule has 1 aromatic carbocycles. The van der Waals surface area contributed by atoms with Crippen LogP contribution < -0.4 is 14.4 Å². The van der Waals surface area contributed by atoms with Crippen LogP contribution in [-0.4, -0.2) is 104 Å². The van der Waals surface area contributed by atoms with Gasteiger partial charge in [0, 0.05) is 82.2 Å². The number of rotatable bonds is 10. The Morgan fingerprint density at radius 1 is 0.980 bits per heavy atom. The summed E-state index contributed by atoms with van der Waals surface area (Å²) >= 11 is 0. The topological polar surface area (TPSA) is 135 Å². The van der Waals surface area contributed by atoms with Crippen molar-refractivity contribution in [2.75, 3.05) is 51.3 Å². The van der Waals surface area contributed by atoms with Gasteiger partial charge in [0.15, 0.2) is 17.4 Å². The first-order chi connectivity index (χ1) is 25.0. The highest BCUT2D eigenvalue weighted by Gasteiger charge is 2.30. The smallest absolute Gasteiger partial charge is 0.270 e. The van der Waals surface area contributed by atoms with Gasteiger partial charge in [-0.3, -0.25) is 14.3 Å². The number of amides is 2. The highest BCUT2D eigenvalue weighted by molar-refractivity contribution is 6.05. The van der Waals surface area contributed by atoms with Gasteiger partial charge in [-0.1, -0.05) is 11.3 Å². The van der Waals surface area contributed by atoms with E-state index in [0.29, 0.717) is 79.2 Å². The molecule has 2 fully saturated rings. The van der Waals surface area contributed by atoms with Gasteiger partial charge in [-0.05, 0) is 66.8 Å². The summed E-state index contributed by atoms with van der Waals surface area (Å²) in [5.74, 6) is 1.19. The average molecular weight is 694 g/mol. The standard InChI is InChI=1S/C37H38FN9O4.H2/c1-50-36-26(6-2-12-40-36)28-21-27(24-5-4-14-46(23-24)32(48)10-15-47-16-13-41-43-47)33(38)34-29(28)22-30(42-34)37(49)45-19-17-44(18-20-45)35-31(7-3-11-39-35)51-25-8-9-25;/h2-3,5-7,11-13,16,21-22,25,42H,4,8-10,14-15,17-20,23H2,1H3;1H. The van der Waals surface area contributed by atoms with Crippen molar-refractivity contribution in [1.29, 1.82) is 0 Å². The van der Waals surface area contributed by atoms with Crippen LogP contribution in [0.5, 0.6) is 11.6 Å². The fourth-order valence-corrected chi connectivity index (χ4v) is 6.83. The van der Waals surface area contributed by atoms with Crippen molar-refractivity contribution >= 4 is 34.1 Å². The number of pyridine rings is 2. The quantitative estimate of drug-likeness (QED) is 0.219. The Kier molecular flexibility index (Phi) is 8.80. The van der Waals surface area contributed by atoms with Crippen LogP contribution in [0.4, 0.5) is 10.2 Å². The minimum Gasteiger partial charge on any atom is -0.487 e. The molecule has 2 aliphatic heterocycles. The SMILES string of the molecule is COc1ncccc1-c1cc(C2=CCCN(C(=O)CCn3ccnn3)C2)c(F)c2[nH]c(C(=O)N3CCN(c4ncccc4OC4CC4)CC3)cc12.[HH]. The molecule has 1 aliphatic carbocycles. The lowest BCUT2D eigenvalue weighted by Crippen LogP contribution is -2.49. The molecular formula is C37H40FN9O4. The average Bonchev–Trinajstić information content (AvgIpc) is 3.62. The lowest BCUT2D eigenvalue weighted by molar-refractivity contribution is -0.131. The summed E-state index contributed by atoms with van der Waals surface area (Å²) in [6, 6.07) is 11.0. The number of carbonyl (C=O) groups excluding carboxylic acids is 2. The van der Waals surface area contributed by atoms with Crippen molar-refractivity contribution in [1.82, 2.24) is 39.7 Å². The van der Waals surface area contributed by atoms with Crippen molar-refractivity contribution < 1.29 is 24.9 Å². The van der Waals surface area contributed by atoms with Crippen LogP contribution in [0.25, 0.3) is 27.6 Å². The number of anilines is 1. The molecule has 0 unspecified atom stereocenters. The second kappa shape index (κ2) is 13.8. The maximum atomic E-state index is 16.7. The van der Waals surface area contributed by atoms with Crippen LogP contribution in [0.2, 0.25) is 0 Å². The van der Waals surface area contributed by atoms with Crippen LogP contribution in [-0.2, 0) is 11.3 Å². The number of nitrogens with one attached hydrogen (secondary N) is 1. The largest absolute Gasteiger partial charge is 0.487 e. The van der Waals surface area contributed by atoms with Crippen molar-refractivity contribution in [2.45, 2.75) is 38.3 Å². The van der Waals surface area contributed by atoms with E-state index >= 15 is 4.39 Å². The molecule has 5 aromatic rings. The van der Waals surface area contributed by atoms with Gasteiger partial charge in [0.25, 0.3) is 5.91 Å². The Labute approximate surface area is 295 Å². The maximum absolute atomic E-state index is 16.7. The normalized spacial score (nSPS) is 16.4. The van der Waals surface area contributed by atoms with E-state index in [0.717, 1.165) is 24.4 Å². The zero-order chi connectivity index (χ0) is 34.9. The number of halogens is 1. The van der Waals surface area contributed by atoms with Gasteiger partial charge < -0.3 is 29.2 Å². The molecule has 14 heteroatoms. The number of piperazine rings is 1. The summed E-state index contributed by atoms with van der Waals surface area (Å²) in [5.41, 5.74) is 2.87. The van der Waals surface area contributed by atoms with Gasteiger partial charge in [-0.2, -0.15) is 0 Å². The van der Waals surface area contributed by atoms with E-state index in [2.05, 4.69) is 30.2 Å². The monoisotopic (exact) mass is 693 g/mol. The van der Waals surface area contributed by atoms with Gasteiger partial charge in [0.1, 0.15) is 5.69 Å². The maximum Gasteiger partial charge on any atom is 0.270 e. The highest BCUT2D eigenvalue weighted by Crippen LogP contribution is 2.40. The van der Waals surface area contributed by atoms with E-state index in [1.807, 2.05) is 24.3 Å². The number of hydrogen-bond acceptors (Lipinski definition) is 9. The first-order valence-electron chi connectivity index (χ1n) is 17.3. The predicted octanol–water partition coefficient (Wildman–Crippen LogP) is 4.82. The molecule has 1 N–H and O–H groups in total. The Bertz CT molecular complexity index is 2110. The highest BCUT2D eigenvalue weighted by atomic mass is 19.1. The van der Waals surface area contributed by atoms with Gasteiger partial charge in [-0.15, -0.1) is 5.10 Å². The summed E-state index contributed by atoms with van der Waals surface area (Å²) in [4.78, 5) is 45.0. The number of fused-ring (bicyclic) bond motifs is 1. The summed E-state index contributed by atoms with van der Waals surface area (Å²) in [6.07, 6.45) is 11.9. The minimum absolute atomic E-state index is 0. The van der Waals surface area contributed by atoms with Gasteiger partial charge in [0.05, 0.1) is 31.5 Å². The van der Waals surface area contributed by atoms with Gasteiger partial charge in [-0.25, -0.2) is 14.4 Å². The van der Waals surface area contributed by atoms with Crippen molar-refractivity contribution in [2.24, 2.45) is 0 Å². The van der Waals surface area contributed by atoms with E-state index in [-0.39, 0.29) is 43.5 Å². The van der Waals surface area contributed by atoms with Gasteiger partial charge >= 0.3 is 0 Å². The zero-order valence-corrected chi connectivity index (χ0v) is 28.3. The number of hydrogen-bond donors (Lipinski definition) is 1. The summed E-state index contributed by atoms with van der Waals surface area (Å²) in [7, 11) is 1.54. The molecule has 6 heterocycles. The molecule has 2 amide bonds. The first-order valence-corrected chi connectivity index (χ1v) is 17.3. The van der Waals surface area contributed by atoms with E-state index in [1.54, 1.807) is 57.5 Å². The van der Waals surface area contributed by atoms with Crippen LogP contribution in [0.3, 0.4) is 0 Å². The number of ether oxygens (including phenoxy) is 2. The van der Waals surface area contributed by atoms with Crippen LogP contribution in [0.1, 0.15) is 43.2 Å². The van der Waals surface area contributed by atoms with E-state index < -0.39 is 5.82 Å². The lowest BCUT2D eigenvalue weighted by atomic mass is 9.93. The summed E-state index contributed by atoms with van der Waals surface area (Å²) in [5, 5.41) is 8.28. The molecule has 3 aliphatic rings. The number of aromatic nitrogens is 6. The number of H-pyrrole nitrogens is 1. The molecule has 0 atom stereocenters. The molecule has 0 radical (unpaired) electrons. The Balaban J connectivity index is 0.00000420. The van der Waals surface area contributed by atoms with Crippen molar-refractivity contribution in [3.05, 3.63) is 84.3 Å².